The number of hydrogen-bond donors (Lipinski definition) is 4. The van der Waals surface area contributed by atoms with E-state index in [-0.39, 0.29) is 18.1 Å². The van der Waals surface area contributed by atoms with Crippen molar-refractivity contribution in [2.24, 2.45) is 0 Å². The van der Waals surface area contributed by atoms with Gasteiger partial charge in [-0.15, -0.1) is 0 Å². The molecule has 10 heteroatoms. The second kappa shape index (κ2) is 12.5. The van der Waals surface area contributed by atoms with Gasteiger partial charge in [-0.2, -0.15) is 0 Å². The molecule has 0 bridgehead atoms. The third kappa shape index (κ3) is 6.86. The van der Waals surface area contributed by atoms with Gasteiger partial charge in [0, 0.05) is 31.0 Å². The minimum absolute atomic E-state index is 0.00108. The Hall–Kier alpha value is -3.66. The normalized spacial score (nSPS) is 16.5. The molecule has 2 aliphatic heterocycles. The van der Waals surface area contributed by atoms with Gasteiger partial charge in [-0.05, 0) is 75.2 Å². The van der Waals surface area contributed by atoms with Crippen LogP contribution in [0.1, 0.15) is 46.4 Å². The highest BCUT2D eigenvalue weighted by molar-refractivity contribution is 6.30. The molecule has 0 unspecified atom stereocenters. The Bertz CT molecular complexity index is 1310. The molecule has 3 heterocycles. The number of amides is 2. The summed E-state index contributed by atoms with van der Waals surface area (Å²) in [6.07, 6.45) is 4.29. The lowest BCUT2D eigenvalue weighted by molar-refractivity contribution is 0.101. The molecule has 3 aromatic rings. The lowest BCUT2D eigenvalue weighted by Crippen LogP contribution is -2.36. The molecule has 0 saturated carbocycles. The molecule has 0 radical (unpaired) electrons. The van der Waals surface area contributed by atoms with E-state index in [1.165, 1.54) is 6.20 Å². The number of piperidine rings is 2. The smallest absolute Gasteiger partial charge is 0.259 e. The molecular weight excluding hydrogens is 518 g/mol. The van der Waals surface area contributed by atoms with E-state index in [9.17, 15) is 14.7 Å². The highest BCUT2D eigenvalue weighted by atomic mass is 35.5. The summed E-state index contributed by atoms with van der Waals surface area (Å²) in [5, 5.41) is 19.4. The average Bonchev–Trinajstić information content (AvgIpc) is 2.95. The van der Waals surface area contributed by atoms with Crippen LogP contribution in [0.5, 0.6) is 5.75 Å². The lowest BCUT2D eigenvalue weighted by atomic mass is 10.1. The monoisotopic (exact) mass is 549 g/mol. The first kappa shape index (κ1) is 26.9. The second-order valence-corrected chi connectivity index (χ2v) is 10.2. The Labute approximate surface area is 232 Å². The maximum absolute atomic E-state index is 13.6. The van der Waals surface area contributed by atoms with E-state index in [1.54, 1.807) is 42.5 Å². The third-order valence-electron chi connectivity index (χ3n) is 7.01. The fraction of sp³-hybridized carbons (Fsp3) is 0.345. The third-order valence-corrected chi connectivity index (χ3v) is 7.23. The second-order valence-electron chi connectivity index (χ2n) is 9.78. The van der Waals surface area contributed by atoms with E-state index < -0.39 is 5.91 Å². The van der Waals surface area contributed by atoms with Crippen molar-refractivity contribution in [3.8, 4) is 5.75 Å². The van der Waals surface area contributed by atoms with Crippen molar-refractivity contribution in [1.82, 2.24) is 10.3 Å². The minimum atomic E-state index is -0.408. The molecule has 9 nitrogen and oxygen atoms in total. The maximum Gasteiger partial charge on any atom is 0.259 e. The largest absolute Gasteiger partial charge is 0.489 e. The van der Waals surface area contributed by atoms with E-state index in [1.807, 2.05) is 12.1 Å². The molecule has 0 atom stereocenters. The number of carbonyl (C=O) groups excluding carboxylic acids is 2. The van der Waals surface area contributed by atoms with E-state index in [0.717, 1.165) is 44.7 Å². The highest BCUT2D eigenvalue weighted by Crippen LogP contribution is 2.31. The van der Waals surface area contributed by atoms with Crippen LogP contribution in [0, 0.1) is 0 Å². The lowest BCUT2D eigenvalue weighted by Gasteiger charge is -2.32. The number of hydrogen-bond acceptors (Lipinski definition) is 7. The summed E-state index contributed by atoms with van der Waals surface area (Å²) in [6, 6.07) is 15.7. The molecule has 2 fully saturated rings. The zero-order valence-electron chi connectivity index (χ0n) is 21.5. The summed E-state index contributed by atoms with van der Waals surface area (Å²) in [5.74, 6) is 0.0817. The first-order valence-corrected chi connectivity index (χ1v) is 13.6. The summed E-state index contributed by atoms with van der Waals surface area (Å²) < 4.78 is 6.39. The Morgan fingerprint density at radius 3 is 2.44 bits per heavy atom. The SMILES string of the molecule is O=C(Nc1ccc(Cl)cn1)c1ccccc1NC(=O)c1ccc(N2CCC(O)CC2)cc1OC1CCNCC1. The van der Waals surface area contributed by atoms with Crippen molar-refractivity contribution in [1.29, 1.82) is 0 Å². The summed E-state index contributed by atoms with van der Waals surface area (Å²) in [5.41, 5.74) is 2.02. The molecule has 2 aliphatic rings. The fourth-order valence-electron chi connectivity index (χ4n) is 4.82. The first-order chi connectivity index (χ1) is 19.0. The molecule has 39 heavy (non-hydrogen) atoms. The number of aliphatic hydroxyl groups excluding tert-OH is 1. The molecule has 0 aliphatic carbocycles. The van der Waals surface area contributed by atoms with Crippen LogP contribution in [-0.4, -0.2) is 60.3 Å². The van der Waals surface area contributed by atoms with E-state index in [0.29, 0.717) is 46.2 Å². The summed E-state index contributed by atoms with van der Waals surface area (Å²) >= 11 is 5.89. The minimum Gasteiger partial charge on any atom is -0.489 e. The van der Waals surface area contributed by atoms with E-state index in [2.05, 4.69) is 25.8 Å². The van der Waals surface area contributed by atoms with Crippen LogP contribution in [-0.2, 0) is 0 Å². The van der Waals surface area contributed by atoms with Crippen LogP contribution in [0.4, 0.5) is 17.2 Å². The van der Waals surface area contributed by atoms with Gasteiger partial charge >= 0.3 is 0 Å². The van der Waals surface area contributed by atoms with Crippen molar-refractivity contribution < 1.29 is 19.4 Å². The van der Waals surface area contributed by atoms with Crippen molar-refractivity contribution in [3.05, 3.63) is 76.9 Å². The molecular formula is C29H32ClN5O4. The number of nitrogens with one attached hydrogen (secondary N) is 3. The number of anilines is 3. The van der Waals surface area contributed by atoms with Gasteiger partial charge in [0.25, 0.3) is 11.8 Å². The van der Waals surface area contributed by atoms with Crippen LogP contribution < -0.4 is 25.6 Å². The van der Waals surface area contributed by atoms with Crippen molar-refractivity contribution in [2.45, 2.75) is 37.9 Å². The van der Waals surface area contributed by atoms with Gasteiger partial charge in [0.05, 0.1) is 27.9 Å². The number of ether oxygens (including phenoxy) is 1. The number of aliphatic hydroxyl groups is 1. The number of carbonyl (C=O) groups is 2. The van der Waals surface area contributed by atoms with E-state index in [4.69, 9.17) is 16.3 Å². The van der Waals surface area contributed by atoms with Gasteiger partial charge in [0.15, 0.2) is 0 Å². The van der Waals surface area contributed by atoms with Gasteiger partial charge in [-0.1, -0.05) is 23.7 Å². The van der Waals surface area contributed by atoms with Gasteiger partial charge in [0.1, 0.15) is 17.7 Å². The Balaban J connectivity index is 1.37. The molecule has 2 saturated heterocycles. The van der Waals surface area contributed by atoms with Gasteiger partial charge < -0.3 is 30.7 Å². The molecule has 204 valence electrons. The molecule has 5 rings (SSSR count). The summed E-state index contributed by atoms with van der Waals surface area (Å²) in [7, 11) is 0. The molecule has 1 aromatic heterocycles. The quantitative estimate of drug-likeness (QED) is 0.346. The zero-order chi connectivity index (χ0) is 27.2. The van der Waals surface area contributed by atoms with Crippen LogP contribution in [0.15, 0.2) is 60.8 Å². The van der Waals surface area contributed by atoms with Gasteiger partial charge in [-0.25, -0.2) is 4.98 Å². The summed E-state index contributed by atoms with van der Waals surface area (Å²) in [4.78, 5) is 32.9. The Kier molecular flexibility index (Phi) is 8.61. The number of halogens is 1. The zero-order valence-corrected chi connectivity index (χ0v) is 22.3. The topological polar surface area (TPSA) is 116 Å². The van der Waals surface area contributed by atoms with Crippen LogP contribution in [0.2, 0.25) is 5.02 Å². The first-order valence-electron chi connectivity index (χ1n) is 13.2. The predicted octanol–water partition coefficient (Wildman–Crippen LogP) is 4.33. The fourth-order valence-corrected chi connectivity index (χ4v) is 4.93. The number of pyridine rings is 1. The molecule has 4 N–H and O–H groups in total. The number of benzene rings is 2. The van der Waals surface area contributed by atoms with Crippen LogP contribution >= 0.6 is 11.6 Å². The summed E-state index contributed by atoms with van der Waals surface area (Å²) in [6.45, 7) is 3.21. The Morgan fingerprint density at radius 1 is 0.949 bits per heavy atom. The Morgan fingerprint density at radius 2 is 1.69 bits per heavy atom. The number of para-hydroxylation sites is 1. The van der Waals surface area contributed by atoms with E-state index >= 15 is 0 Å². The molecule has 2 aromatic carbocycles. The van der Waals surface area contributed by atoms with Crippen LogP contribution in [0.3, 0.4) is 0 Å². The maximum atomic E-state index is 13.6. The average molecular weight is 550 g/mol. The number of rotatable bonds is 7. The molecule has 2 amide bonds. The number of aromatic nitrogens is 1. The van der Waals surface area contributed by atoms with Gasteiger partial charge in [0.2, 0.25) is 0 Å². The van der Waals surface area contributed by atoms with Crippen molar-refractivity contribution in [2.75, 3.05) is 41.7 Å². The van der Waals surface area contributed by atoms with Crippen LogP contribution in [0.25, 0.3) is 0 Å². The number of nitrogens with zero attached hydrogens (tertiary/aromatic N) is 2. The van der Waals surface area contributed by atoms with Crippen molar-refractivity contribution in [3.63, 3.8) is 0 Å². The van der Waals surface area contributed by atoms with Gasteiger partial charge in [-0.3, -0.25) is 9.59 Å². The highest BCUT2D eigenvalue weighted by Gasteiger charge is 2.24. The molecule has 0 spiro atoms. The van der Waals surface area contributed by atoms with Crippen molar-refractivity contribution >= 4 is 40.6 Å². The predicted molar refractivity (Wildman–Crippen MR) is 152 cm³/mol. The standard InChI is InChI=1S/C29H32ClN5O4/c30-19-5-8-27(32-18-19)34-28(37)23-3-1-2-4-25(23)33-29(38)24-7-6-20(35-15-11-21(36)12-16-35)17-26(24)39-22-9-13-31-14-10-22/h1-8,17-18,21-22,31,36H,9-16H2,(H,33,38)(H,32,34,37).